The molecule has 1 unspecified atom stereocenters. The molecule has 1 aliphatic rings. The summed E-state index contributed by atoms with van der Waals surface area (Å²) in [5.41, 5.74) is 1.24. The van der Waals surface area contributed by atoms with E-state index in [0.717, 1.165) is 32.6 Å². The Morgan fingerprint density at radius 3 is 2.63 bits per heavy atom. The third-order valence-electron chi connectivity index (χ3n) is 3.69. The van der Waals surface area contributed by atoms with Crippen LogP contribution >= 0.6 is 0 Å². The van der Waals surface area contributed by atoms with Crippen molar-refractivity contribution in [3.63, 3.8) is 0 Å². The van der Waals surface area contributed by atoms with Crippen molar-refractivity contribution >= 4 is 11.7 Å². The number of nitrogens with zero attached hydrogens (tertiary/aromatic N) is 2. The van der Waals surface area contributed by atoms with Gasteiger partial charge in [0.05, 0.1) is 0 Å². The lowest BCUT2D eigenvalue weighted by Gasteiger charge is -2.23. The number of benzene rings is 1. The van der Waals surface area contributed by atoms with Gasteiger partial charge in [0.1, 0.15) is 0 Å². The Kier molecular flexibility index (Phi) is 4.66. The number of amides is 2. The molecule has 0 aromatic heterocycles. The zero-order chi connectivity index (χ0) is 13.7. The van der Waals surface area contributed by atoms with Gasteiger partial charge >= 0.3 is 6.03 Å². The molecule has 19 heavy (non-hydrogen) atoms. The Morgan fingerprint density at radius 1 is 1.32 bits per heavy atom. The quantitative estimate of drug-likeness (QED) is 0.903. The topological polar surface area (TPSA) is 35.6 Å². The number of hydrogen-bond donors (Lipinski definition) is 1. The van der Waals surface area contributed by atoms with Crippen molar-refractivity contribution in [2.45, 2.75) is 26.3 Å². The highest BCUT2D eigenvalue weighted by molar-refractivity contribution is 5.74. The van der Waals surface area contributed by atoms with Crippen LogP contribution in [0.5, 0.6) is 0 Å². The summed E-state index contributed by atoms with van der Waals surface area (Å²) < 4.78 is 0. The fourth-order valence-corrected chi connectivity index (χ4v) is 2.53. The first-order chi connectivity index (χ1) is 9.24. The Hall–Kier alpha value is -1.71. The Balaban J connectivity index is 1.87. The summed E-state index contributed by atoms with van der Waals surface area (Å²) in [5, 5.41) is 3.13. The summed E-state index contributed by atoms with van der Waals surface area (Å²) in [6.45, 7) is 7.45. The number of urea groups is 1. The number of carbonyl (C=O) groups is 1. The van der Waals surface area contributed by atoms with Crippen LogP contribution in [-0.4, -0.2) is 43.2 Å². The fraction of sp³-hybridized carbons (Fsp3) is 0.533. The van der Waals surface area contributed by atoms with Gasteiger partial charge in [-0.15, -0.1) is 0 Å². The molecule has 1 atom stereocenters. The Bertz CT molecular complexity index is 403. The van der Waals surface area contributed by atoms with Crippen molar-refractivity contribution in [3.8, 4) is 0 Å². The van der Waals surface area contributed by atoms with Gasteiger partial charge in [-0.1, -0.05) is 18.2 Å². The van der Waals surface area contributed by atoms with Gasteiger partial charge in [0, 0.05) is 37.9 Å². The molecule has 1 N–H and O–H groups in total. The maximum absolute atomic E-state index is 12.0. The summed E-state index contributed by atoms with van der Waals surface area (Å²) in [4.78, 5) is 16.2. The molecule has 0 spiro atoms. The Morgan fingerprint density at radius 2 is 2.00 bits per heavy atom. The average molecular weight is 261 g/mol. The molecule has 0 bridgehead atoms. The number of nitrogens with one attached hydrogen (secondary N) is 1. The standard InChI is InChI=1S/C15H23N3O/c1-3-17(4-2)15(19)16-13-10-11-18(12-13)14-8-6-5-7-9-14/h5-9,13H,3-4,10-12H2,1-2H3,(H,16,19). The SMILES string of the molecule is CCN(CC)C(=O)NC1CCN(c2ccccc2)C1. The Labute approximate surface area is 115 Å². The van der Waals surface area contributed by atoms with Crippen LogP contribution in [0.3, 0.4) is 0 Å². The predicted molar refractivity (Wildman–Crippen MR) is 78.5 cm³/mol. The van der Waals surface area contributed by atoms with Gasteiger partial charge < -0.3 is 15.1 Å². The highest BCUT2D eigenvalue weighted by Crippen LogP contribution is 2.19. The van der Waals surface area contributed by atoms with E-state index in [-0.39, 0.29) is 12.1 Å². The lowest BCUT2D eigenvalue weighted by atomic mass is 10.2. The van der Waals surface area contributed by atoms with E-state index in [1.165, 1.54) is 5.69 Å². The van der Waals surface area contributed by atoms with E-state index in [1.807, 2.05) is 24.8 Å². The van der Waals surface area contributed by atoms with Crippen LogP contribution in [0.1, 0.15) is 20.3 Å². The molecule has 4 nitrogen and oxygen atoms in total. The summed E-state index contributed by atoms with van der Waals surface area (Å²) in [6.07, 6.45) is 1.02. The van der Waals surface area contributed by atoms with E-state index < -0.39 is 0 Å². The van der Waals surface area contributed by atoms with Gasteiger partial charge in [0.2, 0.25) is 0 Å². The molecule has 0 saturated carbocycles. The van der Waals surface area contributed by atoms with Crippen molar-refractivity contribution in [2.24, 2.45) is 0 Å². The zero-order valence-corrected chi connectivity index (χ0v) is 11.8. The summed E-state index contributed by atoms with van der Waals surface area (Å²) >= 11 is 0. The largest absolute Gasteiger partial charge is 0.369 e. The second-order valence-corrected chi connectivity index (χ2v) is 4.89. The molecule has 0 radical (unpaired) electrons. The first-order valence-corrected chi connectivity index (χ1v) is 7.10. The van der Waals surface area contributed by atoms with Gasteiger partial charge in [0.25, 0.3) is 0 Å². The van der Waals surface area contributed by atoms with Gasteiger partial charge in [-0.2, -0.15) is 0 Å². The number of hydrogen-bond acceptors (Lipinski definition) is 2. The van der Waals surface area contributed by atoms with Crippen LogP contribution < -0.4 is 10.2 Å². The van der Waals surface area contributed by atoms with Gasteiger partial charge in [-0.05, 0) is 32.4 Å². The first kappa shape index (κ1) is 13.7. The molecule has 1 aromatic rings. The molecule has 1 fully saturated rings. The van der Waals surface area contributed by atoms with E-state index in [2.05, 4.69) is 34.5 Å². The van der Waals surface area contributed by atoms with E-state index >= 15 is 0 Å². The molecular formula is C15H23N3O. The second kappa shape index (κ2) is 6.45. The molecule has 1 saturated heterocycles. The second-order valence-electron chi connectivity index (χ2n) is 4.89. The highest BCUT2D eigenvalue weighted by atomic mass is 16.2. The van der Waals surface area contributed by atoms with Crippen LogP contribution in [0, 0.1) is 0 Å². The lowest BCUT2D eigenvalue weighted by Crippen LogP contribution is -2.45. The minimum Gasteiger partial charge on any atom is -0.369 e. The van der Waals surface area contributed by atoms with Crippen molar-refractivity contribution < 1.29 is 4.79 Å². The van der Waals surface area contributed by atoms with E-state index in [9.17, 15) is 4.79 Å². The summed E-state index contributed by atoms with van der Waals surface area (Å²) in [7, 11) is 0. The van der Waals surface area contributed by atoms with Crippen LogP contribution in [0.4, 0.5) is 10.5 Å². The third kappa shape index (κ3) is 3.40. The molecule has 1 aromatic carbocycles. The van der Waals surface area contributed by atoms with E-state index in [4.69, 9.17) is 0 Å². The normalized spacial score (nSPS) is 18.4. The molecule has 1 heterocycles. The monoisotopic (exact) mass is 261 g/mol. The average Bonchev–Trinajstić information content (AvgIpc) is 2.89. The molecule has 2 rings (SSSR count). The van der Waals surface area contributed by atoms with Crippen LogP contribution in [0.15, 0.2) is 30.3 Å². The smallest absolute Gasteiger partial charge is 0.317 e. The summed E-state index contributed by atoms with van der Waals surface area (Å²) in [5.74, 6) is 0. The minimum atomic E-state index is 0.0601. The molecule has 2 amide bonds. The maximum atomic E-state index is 12.0. The maximum Gasteiger partial charge on any atom is 0.317 e. The van der Waals surface area contributed by atoms with Gasteiger partial charge in [-0.3, -0.25) is 0 Å². The van der Waals surface area contributed by atoms with Gasteiger partial charge in [-0.25, -0.2) is 4.79 Å². The van der Waals surface area contributed by atoms with Crippen molar-refractivity contribution in [3.05, 3.63) is 30.3 Å². The highest BCUT2D eigenvalue weighted by Gasteiger charge is 2.25. The van der Waals surface area contributed by atoms with Crippen molar-refractivity contribution in [1.82, 2.24) is 10.2 Å². The van der Waals surface area contributed by atoms with Crippen molar-refractivity contribution in [2.75, 3.05) is 31.1 Å². The predicted octanol–water partition coefficient (Wildman–Crippen LogP) is 2.32. The number of rotatable bonds is 4. The van der Waals surface area contributed by atoms with Crippen LogP contribution in [-0.2, 0) is 0 Å². The zero-order valence-electron chi connectivity index (χ0n) is 11.8. The minimum absolute atomic E-state index is 0.0601. The molecule has 104 valence electrons. The number of anilines is 1. The number of carbonyl (C=O) groups excluding carboxylic acids is 1. The van der Waals surface area contributed by atoms with Crippen molar-refractivity contribution in [1.29, 1.82) is 0 Å². The molecular weight excluding hydrogens is 238 g/mol. The lowest BCUT2D eigenvalue weighted by molar-refractivity contribution is 0.200. The first-order valence-electron chi connectivity index (χ1n) is 7.10. The van der Waals surface area contributed by atoms with Crippen LogP contribution in [0.2, 0.25) is 0 Å². The fourth-order valence-electron chi connectivity index (χ4n) is 2.53. The summed E-state index contributed by atoms with van der Waals surface area (Å²) in [6, 6.07) is 10.7. The van der Waals surface area contributed by atoms with E-state index in [1.54, 1.807) is 0 Å². The number of para-hydroxylation sites is 1. The molecule has 4 heteroatoms. The third-order valence-corrected chi connectivity index (χ3v) is 3.69. The molecule has 0 aliphatic carbocycles. The van der Waals surface area contributed by atoms with E-state index in [0.29, 0.717) is 0 Å². The van der Waals surface area contributed by atoms with Gasteiger partial charge in [0.15, 0.2) is 0 Å². The van der Waals surface area contributed by atoms with Crippen LogP contribution in [0.25, 0.3) is 0 Å². The molecule has 1 aliphatic heterocycles.